The second kappa shape index (κ2) is 7.17. The van der Waals surface area contributed by atoms with Gasteiger partial charge < -0.3 is 20.1 Å². The van der Waals surface area contributed by atoms with Crippen LogP contribution in [0.25, 0.3) is 21.8 Å². The van der Waals surface area contributed by atoms with Gasteiger partial charge in [-0.3, -0.25) is 4.79 Å². The summed E-state index contributed by atoms with van der Waals surface area (Å²) in [4.78, 5) is 23.8. The number of carbonyl (C=O) groups excluding carboxylic acids is 2. The molecule has 1 amide bonds. The Balaban J connectivity index is 2.06. The highest BCUT2D eigenvalue weighted by Crippen LogP contribution is 2.38. The second-order valence-corrected chi connectivity index (χ2v) is 6.42. The number of aliphatic hydroxyl groups is 1. The first-order chi connectivity index (χ1) is 13.6. The number of rotatable bonds is 5. The highest BCUT2D eigenvalue weighted by molar-refractivity contribution is 6.20. The molecule has 0 aliphatic rings. The largest absolute Gasteiger partial charge is 0.424 e. The maximum atomic E-state index is 12.1. The zero-order chi connectivity index (χ0) is 19.7. The van der Waals surface area contributed by atoms with Crippen molar-refractivity contribution in [1.82, 2.24) is 4.57 Å². The number of aliphatic hydroxyl groups excluding tert-OH is 1. The minimum atomic E-state index is -0.770. The summed E-state index contributed by atoms with van der Waals surface area (Å²) in [5.74, 6) is -1.05. The zero-order valence-corrected chi connectivity index (χ0v) is 15.0. The van der Waals surface area contributed by atoms with E-state index in [2.05, 4.69) is 4.57 Å². The summed E-state index contributed by atoms with van der Waals surface area (Å²) in [5, 5.41) is 10.3. The minimum Gasteiger partial charge on any atom is -0.424 e. The van der Waals surface area contributed by atoms with Gasteiger partial charge in [0.15, 0.2) is 0 Å². The maximum Gasteiger partial charge on any atom is 0.337 e. The molecule has 0 aliphatic carbocycles. The summed E-state index contributed by atoms with van der Waals surface area (Å²) in [6.45, 7) is -0.165. The van der Waals surface area contributed by atoms with E-state index in [0.717, 1.165) is 16.6 Å². The van der Waals surface area contributed by atoms with E-state index >= 15 is 0 Å². The van der Waals surface area contributed by atoms with Crippen LogP contribution in [0.15, 0.2) is 66.7 Å². The molecule has 0 fully saturated rings. The van der Waals surface area contributed by atoms with Crippen LogP contribution >= 0.6 is 0 Å². The molecule has 4 aromatic rings. The summed E-state index contributed by atoms with van der Waals surface area (Å²) in [7, 11) is 0. The highest BCUT2D eigenvalue weighted by Gasteiger charge is 2.20. The molecule has 3 N–H and O–H groups in total. The van der Waals surface area contributed by atoms with Gasteiger partial charge in [0.1, 0.15) is 12.4 Å². The number of ether oxygens (including phenoxy) is 1. The van der Waals surface area contributed by atoms with Gasteiger partial charge in [0.2, 0.25) is 5.91 Å². The highest BCUT2D eigenvalue weighted by atomic mass is 16.5. The van der Waals surface area contributed by atoms with E-state index in [1.54, 1.807) is 24.3 Å². The van der Waals surface area contributed by atoms with E-state index in [0.29, 0.717) is 22.9 Å². The summed E-state index contributed by atoms with van der Waals surface area (Å²) in [6.07, 6.45) is 0. The Kier molecular flexibility index (Phi) is 4.55. The van der Waals surface area contributed by atoms with Crippen molar-refractivity contribution in [2.45, 2.75) is 6.54 Å². The quantitative estimate of drug-likeness (QED) is 0.415. The smallest absolute Gasteiger partial charge is 0.337 e. The third-order valence-electron chi connectivity index (χ3n) is 4.68. The number of esters is 1. The molecule has 1 heterocycles. The van der Waals surface area contributed by atoms with E-state index < -0.39 is 18.5 Å². The lowest BCUT2D eigenvalue weighted by Gasteiger charge is -2.08. The van der Waals surface area contributed by atoms with E-state index in [4.69, 9.17) is 15.6 Å². The van der Waals surface area contributed by atoms with Crippen molar-refractivity contribution in [2.24, 2.45) is 5.73 Å². The van der Waals surface area contributed by atoms with E-state index in [9.17, 15) is 9.59 Å². The van der Waals surface area contributed by atoms with E-state index in [1.807, 2.05) is 42.5 Å². The first-order valence-corrected chi connectivity index (χ1v) is 8.79. The number of carbonyl (C=O) groups is 2. The molecule has 140 valence electrons. The van der Waals surface area contributed by atoms with E-state index in [-0.39, 0.29) is 5.75 Å². The van der Waals surface area contributed by atoms with Crippen LogP contribution in [0, 0.1) is 0 Å². The molecule has 0 spiro atoms. The third-order valence-corrected chi connectivity index (χ3v) is 4.68. The number of amides is 1. The Bertz CT molecular complexity index is 1200. The van der Waals surface area contributed by atoms with Gasteiger partial charge in [0.05, 0.1) is 16.4 Å². The van der Waals surface area contributed by atoms with Gasteiger partial charge in [0.25, 0.3) is 0 Å². The van der Waals surface area contributed by atoms with Crippen LogP contribution < -0.4 is 10.5 Å². The molecular formula is C22H18N2O4. The summed E-state index contributed by atoms with van der Waals surface area (Å²) in [5.41, 5.74) is 8.66. The maximum absolute atomic E-state index is 12.1. The van der Waals surface area contributed by atoms with Crippen LogP contribution in [0.2, 0.25) is 0 Å². The Morgan fingerprint density at radius 2 is 1.57 bits per heavy atom. The van der Waals surface area contributed by atoms with Gasteiger partial charge in [-0.2, -0.15) is 0 Å². The average molecular weight is 374 g/mol. The first kappa shape index (κ1) is 17.8. The summed E-state index contributed by atoms with van der Waals surface area (Å²) >= 11 is 0. The lowest BCUT2D eigenvalue weighted by Crippen LogP contribution is -2.13. The Labute approximate surface area is 160 Å². The zero-order valence-electron chi connectivity index (χ0n) is 15.0. The monoisotopic (exact) mass is 374 g/mol. The van der Waals surface area contributed by atoms with Crippen molar-refractivity contribution in [3.63, 3.8) is 0 Å². The SMILES string of the molecule is NC(=O)c1cccc2c1c1c(OC(=O)CO)cccc1n2Cc1ccccc1. The van der Waals surface area contributed by atoms with Gasteiger partial charge in [-0.25, -0.2) is 4.79 Å². The first-order valence-electron chi connectivity index (χ1n) is 8.79. The van der Waals surface area contributed by atoms with Crippen molar-refractivity contribution in [2.75, 3.05) is 6.61 Å². The number of hydrogen-bond acceptors (Lipinski definition) is 4. The molecular weight excluding hydrogens is 356 g/mol. The standard InChI is InChI=1S/C22H18N2O4/c23-22(27)15-8-4-9-16-20(15)21-17(10-5-11-18(21)28-19(26)13-25)24(16)12-14-6-2-1-3-7-14/h1-11,25H,12-13H2,(H2,23,27). The van der Waals surface area contributed by atoms with Crippen molar-refractivity contribution in [1.29, 1.82) is 0 Å². The van der Waals surface area contributed by atoms with Gasteiger partial charge >= 0.3 is 5.97 Å². The molecule has 6 heteroatoms. The lowest BCUT2D eigenvalue weighted by molar-refractivity contribution is -0.137. The number of nitrogens with zero attached hydrogens (tertiary/aromatic N) is 1. The number of aromatic nitrogens is 1. The van der Waals surface area contributed by atoms with Crippen LogP contribution in [0.4, 0.5) is 0 Å². The van der Waals surface area contributed by atoms with Crippen molar-refractivity contribution in [3.8, 4) is 5.75 Å². The Hall–Kier alpha value is -3.64. The normalized spacial score (nSPS) is 11.0. The fourth-order valence-corrected chi connectivity index (χ4v) is 3.53. The van der Waals surface area contributed by atoms with Gasteiger partial charge in [-0.05, 0) is 29.8 Å². The topological polar surface area (TPSA) is 94.6 Å². The molecule has 0 saturated heterocycles. The minimum absolute atomic E-state index is 0.280. The molecule has 0 atom stereocenters. The molecule has 6 nitrogen and oxygen atoms in total. The molecule has 0 bridgehead atoms. The third kappa shape index (κ3) is 3.00. The fourth-order valence-electron chi connectivity index (χ4n) is 3.53. The Morgan fingerprint density at radius 3 is 2.25 bits per heavy atom. The molecule has 3 aromatic carbocycles. The van der Waals surface area contributed by atoms with E-state index in [1.165, 1.54) is 0 Å². The average Bonchev–Trinajstić information content (AvgIpc) is 3.03. The van der Waals surface area contributed by atoms with Crippen molar-refractivity contribution < 1.29 is 19.4 Å². The van der Waals surface area contributed by atoms with Crippen LogP contribution in [0.5, 0.6) is 5.75 Å². The number of hydrogen-bond donors (Lipinski definition) is 2. The molecule has 4 rings (SSSR count). The number of benzene rings is 3. The predicted octanol–water partition coefficient (Wildman–Crippen LogP) is 2.84. The number of nitrogens with two attached hydrogens (primary N) is 1. The molecule has 0 aliphatic heterocycles. The Morgan fingerprint density at radius 1 is 0.893 bits per heavy atom. The van der Waals surface area contributed by atoms with Crippen molar-refractivity contribution >= 4 is 33.7 Å². The van der Waals surface area contributed by atoms with Gasteiger partial charge in [-0.15, -0.1) is 0 Å². The van der Waals surface area contributed by atoms with Crippen LogP contribution in [0.3, 0.4) is 0 Å². The molecule has 0 unspecified atom stereocenters. The molecule has 0 radical (unpaired) electrons. The van der Waals surface area contributed by atoms with Crippen LogP contribution in [-0.4, -0.2) is 28.2 Å². The fraction of sp³-hybridized carbons (Fsp3) is 0.0909. The van der Waals surface area contributed by atoms with Gasteiger partial charge in [-0.1, -0.05) is 42.5 Å². The predicted molar refractivity (Wildman–Crippen MR) is 106 cm³/mol. The summed E-state index contributed by atoms with van der Waals surface area (Å²) < 4.78 is 7.39. The lowest BCUT2D eigenvalue weighted by atomic mass is 10.1. The molecule has 28 heavy (non-hydrogen) atoms. The van der Waals surface area contributed by atoms with Gasteiger partial charge in [0, 0.05) is 17.5 Å². The van der Waals surface area contributed by atoms with Crippen LogP contribution in [-0.2, 0) is 11.3 Å². The molecule has 1 aromatic heterocycles. The number of fused-ring (bicyclic) bond motifs is 3. The van der Waals surface area contributed by atoms with Crippen LogP contribution in [0.1, 0.15) is 15.9 Å². The second-order valence-electron chi connectivity index (χ2n) is 6.42. The van der Waals surface area contributed by atoms with Crippen molar-refractivity contribution in [3.05, 3.63) is 77.9 Å². The summed E-state index contributed by atoms with van der Waals surface area (Å²) in [6, 6.07) is 20.6. The number of primary amides is 1. The molecule has 0 saturated carbocycles.